The molecular weight excluding hydrogens is 334 g/mol. The Kier molecular flexibility index (Phi) is 4.56. The number of carbonyl (C=O) groups excluding carboxylic acids is 2. The number of nitrogens with zero attached hydrogens (tertiary/aromatic N) is 3. The predicted molar refractivity (Wildman–Crippen MR) is 98.0 cm³/mol. The van der Waals surface area contributed by atoms with E-state index in [0.717, 1.165) is 25.9 Å². The van der Waals surface area contributed by atoms with E-state index in [2.05, 4.69) is 23.7 Å². The highest BCUT2D eigenvalue weighted by molar-refractivity contribution is 6.02. The third kappa shape index (κ3) is 3.34. The summed E-state index contributed by atoms with van der Waals surface area (Å²) in [7, 11) is 1.25. The van der Waals surface area contributed by atoms with Gasteiger partial charge in [0.2, 0.25) is 0 Å². The summed E-state index contributed by atoms with van der Waals surface area (Å²) in [4.78, 5) is 43.2. The fraction of sp³-hybridized carbons (Fsp3) is 0.474. The van der Waals surface area contributed by atoms with Gasteiger partial charge in [-0.25, -0.2) is 9.78 Å². The van der Waals surface area contributed by atoms with Gasteiger partial charge in [-0.2, -0.15) is 0 Å². The smallest absolute Gasteiger partial charge is 0.339 e. The van der Waals surface area contributed by atoms with Gasteiger partial charge in [0.05, 0.1) is 18.2 Å². The molecule has 1 fully saturated rings. The third-order valence-corrected chi connectivity index (χ3v) is 4.99. The van der Waals surface area contributed by atoms with Crippen molar-refractivity contribution in [1.29, 1.82) is 0 Å². The molecule has 1 saturated heterocycles. The predicted octanol–water partition coefficient (Wildman–Crippen LogP) is 2.31. The Morgan fingerprint density at radius 2 is 1.85 bits per heavy atom. The number of rotatable bonds is 3. The van der Waals surface area contributed by atoms with Crippen molar-refractivity contribution in [2.24, 2.45) is 5.41 Å². The van der Waals surface area contributed by atoms with Gasteiger partial charge >= 0.3 is 5.97 Å². The van der Waals surface area contributed by atoms with Gasteiger partial charge in [0.1, 0.15) is 5.82 Å². The van der Waals surface area contributed by atoms with Crippen molar-refractivity contribution in [2.45, 2.75) is 33.6 Å². The summed E-state index contributed by atoms with van der Waals surface area (Å²) in [5, 5.41) is 0. The molecule has 1 aliphatic heterocycles. The summed E-state index contributed by atoms with van der Waals surface area (Å²) < 4.78 is 5.94. The number of aromatic nitrogens is 2. The van der Waals surface area contributed by atoms with Gasteiger partial charge in [-0.3, -0.25) is 14.0 Å². The van der Waals surface area contributed by atoms with E-state index < -0.39 is 5.97 Å². The molecule has 138 valence electrons. The van der Waals surface area contributed by atoms with Crippen molar-refractivity contribution >= 4 is 23.2 Å². The van der Waals surface area contributed by atoms with Crippen molar-refractivity contribution in [3.05, 3.63) is 39.8 Å². The lowest BCUT2D eigenvalue weighted by atomic mass is 9.83. The summed E-state index contributed by atoms with van der Waals surface area (Å²) in [6.45, 7) is 7.47. The standard InChI is InChI=1S/C19H23N3O4/c1-12(23)14-9-13(18(25)26-4)11-22-16(24)10-15(20-17(14)22)21-7-5-19(2,3)6-8-21/h9-11H,5-8H2,1-4H3. The number of Topliss-reactive ketones (excluding diaryl/α,β-unsaturated/α-hetero) is 1. The molecule has 0 amide bonds. The Morgan fingerprint density at radius 3 is 2.42 bits per heavy atom. The van der Waals surface area contributed by atoms with E-state index >= 15 is 0 Å². The highest BCUT2D eigenvalue weighted by atomic mass is 16.5. The molecule has 0 atom stereocenters. The summed E-state index contributed by atoms with van der Waals surface area (Å²) in [6.07, 6.45) is 3.38. The second-order valence-corrected chi connectivity index (χ2v) is 7.49. The van der Waals surface area contributed by atoms with Crippen molar-refractivity contribution in [3.63, 3.8) is 0 Å². The van der Waals surface area contributed by atoms with E-state index in [4.69, 9.17) is 4.74 Å². The molecule has 7 heteroatoms. The van der Waals surface area contributed by atoms with E-state index in [9.17, 15) is 14.4 Å². The van der Waals surface area contributed by atoms with Crippen LogP contribution in [0.4, 0.5) is 5.82 Å². The Bertz CT molecular complexity index is 936. The summed E-state index contributed by atoms with van der Waals surface area (Å²) in [6, 6.07) is 2.88. The zero-order valence-corrected chi connectivity index (χ0v) is 15.5. The van der Waals surface area contributed by atoms with Crippen molar-refractivity contribution in [2.75, 3.05) is 25.1 Å². The van der Waals surface area contributed by atoms with Gasteiger partial charge in [0.25, 0.3) is 5.56 Å². The number of ketones is 1. The number of methoxy groups -OCH3 is 1. The monoisotopic (exact) mass is 357 g/mol. The molecule has 0 aliphatic carbocycles. The molecule has 1 aliphatic rings. The minimum Gasteiger partial charge on any atom is -0.465 e. The molecular formula is C19H23N3O4. The summed E-state index contributed by atoms with van der Waals surface area (Å²) in [5.74, 6) is -0.306. The number of ether oxygens (including phenoxy) is 1. The van der Waals surface area contributed by atoms with Crippen LogP contribution in [-0.2, 0) is 4.74 Å². The quantitative estimate of drug-likeness (QED) is 0.619. The van der Waals surface area contributed by atoms with Crippen LogP contribution in [-0.4, -0.2) is 41.3 Å². The molecule has 7 nitrogen and oxygen atoms in total. The minimum atomic E-state index is -0.608. The molecule has 0 unspecified atom stereocenters. The number of anilines is 1. The highest BCUT2D eigenvalue weighted by Crippen LogP contribution is 2.31. The molecule has 26 heavy (non-hydrogen) atoms. The van der Waals surface area contributed by atoms with Gasteiger partial charge in [-0.1, -0.05) is 13.8 Å². The average Bonchev–Trinajstić information content (AvgIpc) is 2.60. The maximum Gasteiger partial charge on any atom is 0.339 e. The molecule has 3 rings (SSSR count). The van der Waals surface area contributed by atoms with Gasteiger partial charge in [-0.05, 0) is 31.2 Å². The SMILES string of the molecule is COC(=O)c1cc(C(C)=O)c2nc(N3CCC(C)(C)CC3)cc(=O)n2c1. The molecule has 0 aromatic carbocycles. The topological polar surface area (TPSA) is 81.0 Å². The summed E-state index contributed by atoms with van der Waals surface area (Å²) in [5.41, 5.74) is 0.578. The number of hydrogen-bond donors (Lipinski definition) is 0. The van der Waals surface area contributed by atoms with Gasteiger partial charge in [-0.15, -0.1) is 0 Å². The first-order valence-corrected chi connectivity index (χ1v) is 8.63. The molecule has 2 aromatic rings. The van der Waals surface area contributed by atoms with Crippen LogP contribution in [0.25, 0.3) is 5.65 Å². The van der Waals surface area contributed by atoms with Crippen LogP contribution in [0.5, 0.6) is 0 Å². The Morgan fingerprint density at radius 1 is 1.19 bits per heavy atom. The van der Waals surface area contributed by atoms with E-state index in [1.54, 1.807) is 0 Å². The van der Waals surface area contributed by atoms with Crippen LogP contribution in [0, 0.1) is 5.41 Å². The van der Waals surface area contributed by atoms with Crippen LogP contribution < -0.4 is 10.5 Å². The average molecular weight is 357 g/mol. The number of piperidine rings is 1. The van der Waals surface area contributed by atoms with E-state index in [1.807, 2.05) is 0 Å². The first-order chi connectivity index (χ1) is 12.2. The molecule has 2 aromatic heterocycles. The summed E-state index contributed by atoms with van der Waals surface area (Å²) >= 11 is 0. The second kappa shape index (κ2) is 6.55. The lowest BCUT2D eigenvalue weighted by molar-refractivity contribution is 0.0600. The maximum absolute atomic E-state index is 12.6. The molecule has 0 N–H and O–H groups in total. The van der Waals surface area contributed by atoms with E-state index in [0.29, 0.717) is 5.82 Å². The number of pyridine rings is 1. The Labute approximate surface area is 151 Å². The largest absolute Gasteiger partial charge is 0.465 e. The van der Waals surface area contributed by atoms with Crippen molar-refractivity contribution in [3.8, 4) is 0 Å². The molecule has 0 saturated carbocycles. The van der Waals surface area contributed by atoms with Crippen LogP contribution in [0.3, 0.4) is 0 Å². The zero-order chi connectivity index (χ0) is 19.1. The van der Waals surface area contributed by atoms with Crippen molar-refractivity contribution in [1.82, 2.24) is 9.38 Å². The first-order valence-electron chi connectivity index (χ1n) is 8.63. The number of hydrogen-bond acceptors (Lipinski definition) is 6. The van der Waals surface area contributed by atoms with Gasteiger partial charge in [0, 0.05) is 25.4 Å². The van der Waals surface area contributed by atoms with Gasteiger partial charge < -0.3 is 9.64 Å². The Balaban J connectivity index is 2.13. The van der Waals surface area contributed by atoms with E-state index in [-0.39, 0.29) is 33.5 Å². The fourth-order valence-corrected chi connectivity index (χ4v) is 3.18. The van der Waals surface area contributed by atoms with Crippen LogP contribution >= 0.6 is 0 Å². The number of fused-ring (bicyclic) bond motifs is 1. The molecule has 3 heterocycles. The van der Waals surface area contributed by atoms with Crippen molar-refractivity contribution < 1.29 is 14.3 Å². The molecule has 0 radical (unpaired) electrons. The molecule has 0 bridgehead atoms. The minimum absolute atomic E-state index is 0.140. The fourth-order valence-electron chi connectivity index (χ4n) is 3.18. The Hall–Kier alpha value is -2.70. The van der Waals surface area contributed by atoms with E-state index in [1.165, 1.54) is 36.8 Å². The second-order valence-electron chi connectivity index (χ2n) is 7.49. The lowest BCUT2D eigenvalue weighted by Gasteiger charge is -2.37. The maximum atomic E-state index is 12.6. The number of carbonyl (C=O) groups is 2. The van der Waals surface area contributed by atoms with Crippen LogP contribution in [0.15, 0.2) is 23.1 Å². The number of esters is 1. The van der Waals surface area contributed by atoms with Crippen LogP contribution in [0.1, 0.15) is 54.3 Å². The highest BCUT2D eigenvalue weighted by Gasteiger charge is 2.27. The normalized spacial score (nSPS) is 16.5. The van der Waals surface area contributed by atoms with Gasteiger partial charge in [0.15, 0.2) is 11.4 Å². The third-order valence-electron chi connectivity index (χ3n) is 4.99. The molecule has 0 spiro atoms. The van der Waals surface area contributed by atoms with Crippen LogP contribution in [0.2, 0.25) is 0 Å². The first kappa shape index (κ1) is 18.1. The zero-order valence-electron chi connectivity index (χ0n) is 15.5. The lowest BCUT2D eigenvalue weighted by Crippen LogP contribution is -2.38.